The molecule has 0 radical (unpaired) electrons. The van der Waals surface area contributed by atoms with Crippen molar-refractivity contribution >= 4 is 5.91 Å². The summed E-state index contributed by atoms with van der Waals surface area (Å²) in [4.78, 5) is 11.1. The summed E-state index contributed by atoms with van der Waals surface area (Å²) >= 11 is 0. The third-order valence-electron chi connectivity index (χ3n) is 3.23. The molecule has 4 nitrogen and oxygen atoms in total. The average molecular weight is 207 g/mol. The second-order valence-corrected chi connectivity index (χ2v) is 4.38. The Labute approximate surface area is 89.5 Å². The molecule has 0 bridgehead atoms. The smallest absolute Gasteiger partial charge is 0.220 e. The zero-order valence-electron chi connectivity index (χ0n) is 9.02. The number of carbonyl (C=O) groups is 1. The highest BCUT2D eigenvalue weighted by molar-refractivity contribution is 5.76. The molecule has 2 atom stereocenters. The fourth-order valence-corrected chi connectivity index (χ4v) is 2.37. The number of aromatic nitrogens is 2. The largest absolute Gasteiger partial charge is 0.369 e. The molecule has 4 heteroatoms. The van der Waals surface area contributed by atoms with Crippen LogP contribution in [-0.4, -0.2) is 15.7 Å². The van der Waals surface area contributed by atoms with E-state index >= 15 is 0 Å². The second-order valence-electron chi connectivity index (χ2n) is 4.38. The number of nitrogens with two attached hydrogens (primary N) is 1. The summed E-state index contributed by atoms with van der Waals surface area (Å²) in [6, 6.07) is 2.04. The maximum absolute atomic E-state index is 11.1. The van der Waals surface area contributed by atoms with E-state index in [0.717, 1.165) is 31.4 Å². The monoisotopic (exact) mass is 207 g/mol. The van der Waals surface area contributed by atoms with Gasteiger partial charge in [0.1, 0.15) is 0 Å². The molecule has 1 amide bonds. The van der Waals surface area contributed by atoms with Crippen molar-refractivity contribution in [2.24, 2.45) is 18.7 Å². The standard InChI is InChI=1S/C11H17N3O/c1-14-6-5-10(13-14)8-3-2-4-9(7-8)11(12)15/h5-6,8-9H,2-4,7H2,1H3,(H2,12,15). The van der Waals surface area contributed by atoms with Crippen LogP contribution in [0.4, 0.5) is 0 Å². The van der Waals surface area contributed by atoms with E-state index in [9.17, 15) is 4.79 Å². The van der Waals surface area contributed by atoms with Gasteiger partial charge in [0.25, 0.3) is 0 Å². The van der Waals surface area contributed by atoms with Gasteiger partial charge in [-0.1, -0.05) is 6.42 Å². The van der Waals surface area contributed by atoms with Gasteiger partial charge in [-0.25, -0.2) is 0 Å². The topological polar surface area (TPSA) is 60.9 Å². The Morgan fingerprint density at radius 2 is 2.40 bits per heavy atom. The van der Waals surface area contributed by atoms with E-state index in [0.29, 0.717) is 5.92 Å². The molecule has 0 spiro atoms. The number of hydrogen-bond donors (Lipinski definition) is 1. The molecule has 2 rings (SSSR count). The number of primary amides is 1. The fourth-order valence-electron chi connectivity index (χ4n) is 2.37. The lowest BCUT2D eigenvalue weighted by molar-refractivity contribution is -0.122. The summed E-state index contributed by atoms with van der Waals surface area (Å²) in [6.45, 7) is 0. The van der Waals surface area contributed by atoms with Crippen LogP contribution < -0.4 is 5.73 Å². The Morgan fingerprint density at radius 1 is 1.60 bits per heavy atom. The van der Waals surface area contributed by atoms with Gasteiger partial charge in [0, 0.05) is 25.1 Å². The van der Waals surface area contributed by atoms with Crippen molar-refractivity contribution < 1.29 is 4.79 Å². The zero-order chi connectivity index (χ0) is 10.8. The van der Waals surface area contributed by atoms with E-state index in [1.54, 1.807) is 0 Å². The van der Waals surface area contributed by atoms with Crippen LogP contribution >= 0.6 is 0 Å². The van der Waals surface area contributed by atoms with Crippen molar-refractivity contribution in [3.63, 3.8) is 0 Å². The minimum absolute atomic E-state index is 0.0470. The van der Waals surface area contributed by atoms with Gasteiger partial charge in [0.15, 0.2) is 0 Å². The molecule has 2 unspecified atom stereocenters. The minimum atomic E-state index is -0.157. The first-order chi connectivity index (χ1) is 7.16. The van der Waals surface area contributed by atoms with Crippen molar-refractivity contribution in [2.75, 3.05) is 0 Å². The second kappa shape index (κ2) is 4.04. The lowest BCUT2D eigenvalue weighted by Gasteiger charge is -2.25. The highest BCUT2D eigenvalue weighted by Gasteiger charge is 2.27. The number of hydrogen-bond acceptors (Lipinski definition) is 2. The summed E-state index contributed by atoms with van der Waals surface area (Å²) in [5.41, 5.74) is 6.45. The molecular weight excluding hydrogens is 190 g/mol. The Kier molecular flexibility index (Phi) is 2.75. The molecule has 1 aromatic rings. The molecule has 1 aliphatic carbocycles. The summed E-state index contributed by atoms with van der Waals surface area (Å²) in [7, 11) is 1.91. The lowest BCUT2D eigenvalue weighted by atomic mass is 9.79. The highest BCUT2D eigenvalue weighted by Crippen LogP contribution is 2.35. The molecule has 1 aromatic heterocycles. The number of aryl methyl sites for hydroxylation is 1. The molecule has 0 aliphatic heterocycles. The van der Waals surface area contributed by atoms with Crippen molar-refractivity contribution in [2.45, 2.75) is 31.6 Å². The van der Waals surface area contributed by atoms with Crippen LogP contribution in [0.25, 0.3) is 0 Å². The number of amides is 1. The molecule has 0 saturated heterocycles. The molecular formula is C11H17N3O. The van der Waals surface area contributed by atoms with Gasteiger partial charge in [0.05, 0.1) is 5.69 Å². The van der Waals surface area contributed by atoms with E-state index in [-0.39, 0.29) is 11.8 Å². The number of nitrogens with zero attached hydrogens (tertiary/aromatic N) is 2. The van der Waals surface area contributed by atoms with Crippen LogP contribution in [-0.2, 0) is 11.8 Å². The minimum Gasteiger partial charge on any atom is -0.369 e. The predicted molar refractivity (Wildman–Crippen MR) is 57.1 cm³/mol. The van der Waals surface area contributed by atoms with Crippen LogP contribution in [0.2, 0.25) is 0 Å². The maximum atomic E-state index is 11.1. The first-order valence-electron chi connectivity index (χ1n) is 5.45. The van der Waals surface area contributed by atoms with Crippen LogP contribution in [0, 0.1) is 5.92 Å². The van der Waals surface area contributed by atoms with Crippen LogP contribution in [0.1, 0.15) is 37.3 Å². The van der Waals surface area contributed by atoms with Crippen molar-refractivity contribution in [1.29, 1.82) is 0 Å². The average Bonchev–Trinajstić information content (AvgIpc) is 2.65. The van der Waals surface area contributed by atoms with E-state index < -0.39 is 0 Å². The Bertz CT molecular complexity index is 358. The molecule has 15 heavy (non-hydrogen) atoms. The zero-order valence-corrected chi connectivity index (χ0v) is 9.02. The highest BCUT2D eigenvalue weighted by atomic mass is 16.1. The van der Waals surface area contributed by atoms with Crippen molar-refractivity contribution in [3.8, 4) is 0 Å². The van der Waals surface area contributed by atoms with Crippen molar-refractivity contribution in [1.82, 2.24) is 9.78 Å². The van der Waals surface area contributed by atoms with E-state index in [2.05, 4.69) is 5.10 Å². The first-order valence-corrected chi connectivity index (χ1v) is 5.45. The van der Waals surface area contributed by atoms with Crippen molar-refractivity contribution in [3.05, 3.63) is 18.0 Å². The molecule has 2 N–H and O–H groups in total. The van der Waals surface area contributed by atoms with Gasteiger partial charge < -0.3 is 5.73 Å². The van der Waals surface area contributed by atoms with Crippen LogP contribution in [0.15, 0.2) is 12.3 Å². The van der Waals surface area contributed by atoms with Gasteiger partial charge in [0.2, 0.25) is 5.91 Å². The predicted octanol–water partition coefficient (Wildman–Crippen LogP) is 1.18. The van der Waals surface area contributed by atoms with Gasteiger partial charge in [-0.3, -0.25) is 9.48 Å². The van der Waals surface area contributed by atoms with E-state index in [1.807, 2.05) is 24.0 Å². The molecule has 1 heterocycles. The quantitative estimate of drug-likeness (QED) is 0.791. The Balaban J connectivity index is 2.07. The summed E-state index contributed by atoms with van der Waals surface area (Å²) in [5.74, 6) is 0.304. The van der Waals surface area contributed by atoms with Gasteiger partial charge in [-0.2, -0.15) is 5.10 Å². The SMILES string of the molecule is Cn1ccc(C2CCCC(C(N)=O)C2)n1. The van der Waals surface area contributed by atoms with E-state index in [4.69, 9.17) is 5.73 Å². The third kappa shape index (κ3) is 2.19. The van der Waals surface area contributed by atoms with E-state index in [1.165, 1.54) is 0 Å². The molecule has 1 saturated carbocycles. The Hall–Kier alpha value is -1.32. The summed E-state index contributed by atoms with van der Waals surface area (Å²) in [6.07, 6.45) is 5.96. The van der Waals surface area contributed by atoms with Gasteiger partial charge in [-0.05, 0) is 25.3 Å². The lowest BCUT2D eigenvalue weighted by Crippen LogP contribution is -2.28. The maximum Gasteiger partial charge on any atom is 0.220 e. The summed E-state index contributed by atoms with van der Waals surface area (Å²) < 4.78 is 1.81. The van der Waals surface area contributed by atoms with Crippen LogP contribution in [0.3, 0.4) is 0 Å². The van der Waals surface area contributed by atoms with Gasteiger partial charge in [-0.15, -0.1) is 0 Å². The molecule has 1 fully saturated rings. The fraction of sp³-hybridized carbons (Fsp3) is 0.636. The summed E-state index contributed by atoms with van der Waals surface area (Å²) in [5, 5.41) is 4.39. The number of rotatable bonds is 2. The normalized spacial score (nSPS) is 26.5. The third-order valence-corrected chi connectivity index (χ3v) is 3.23. The first kappa shape index (κ1) is 10.2. The Morgan fingerprint density at radius 3 is 3.00 bits per heavy atom. The van der Waals surface area contributed by atoms with Gasteiger partial charge >= 0.3 is 0 Å². The molecule has 0 aromatic carbocycles. The molecule has 82 valence electrons. The number of carbonyl (C=O) groups excluding carboxylic acids is 1. The van der Waals surface area contributed by atoms with Crippen LogP contribution in [0.5, 0.6) is 0 Å². The molecule has 1 aliphatic rings.